The van der Waals surface area contributed by atoms with Gasteiger partial charge in [-0.2, -0.15) is 0 Å². The zero-order valence-electron chi connectivity index (χ0n) is 11.9. The number of carbonyl (C=O) groups excluding carboxylic acids is 2. The van der Waals surface area contributed by atoms with Gasteiger partial charge in [-0.25, -0.2) is 4.79 Å². The summed E-state index contributed by atoms with van der Waals surface area (Å²) in [6.45, 7) is 2.00. The maximum absolute atomic E-state index is 11.8. The highest BCUT2D eigenvalue weighted by Gasteiger charge is 2.12. The first-order valence-corrected chi connectivity index (χ1v) is 7.10. The average Bonchev–Trinajstić information content (AvgIpc) is 2.77. The van der Waals surface area contributed by atoms with Crippen molar-refractivity contribution in [3.05, 3.63) is 33.8 Å². The number of esters is 1. The Hall–Kier alpha value is -2.28. The molecule has 0 saturated carbocycles. The third kappa shape index (κ3) is 3.88. The maximum atomic E-state index is 11.8. The first-order chi connectivity index (χ1) is 10.5. The van der Waals surface area contributed by atoms with Crippen LogP contribution in [0.15, 0.2) is 27.4 Å². The smallest absolute Gasteiger partial charge is 0.419 e. The zero-order chi connectivity index (χ0) is 16.1. The van der Waals surface area contributed by atoms with Gasteiger partial charge in [0.2, 0.25) is 0 Å². The second-order valence-corrected chi connectivity index (χ2v) is 4.93. The van der Waals surface area contributed by atoms with Crippen LogP contribution in [0.3, 0.4) is 0 Å². The van der Waals surface area contributed by atoms with E-state index in [0.717, 1.165) is 0 Å². The largest absolute Gasteiger partial charge is 0.456 e. The molecule has 22 heavy (non-hydrogen) atoms. The molecular weight excluding hydrogens is 312 g/mol. The molecule has 0 unspecified atom stereocenters. The van der Waals surface area contributed by atoms with Crippen LogP contribution in [0, 0.1) is 0 Å². The Kier molecular flexibility index (Phi) is 5.21. The normalized spacial score (nSPS) is 10.6. The lowest BCUT2D eigenvalue weighted by Gasteiger charge is -2.05. The van der Waals surface area contributed by atoms with E-state index < -0.39 is 11.7 Å². The lowest BCUT2D eigenvalue weighted by molar-refractivity contribution is -0.148. The van der Waals surface area contributed by atoms with Gasteiger partial charge in [-0.1, -0.05) is 11.6 Å². The fourth-order valence-corrected chi connectivity index (χ4v) is 2.08. The Morgan fingerprint density at radius 3 is 2.91 bits per heavy atom. The van der Waals surface area contributed by atoms with Gasteiger partial charge in [0.1, 0.15) is 0 Å². The maximum Gasteiger partial charge on any atom is 0.419 e. The van der Waals surface area contributed by atoms with Crippen LogP contribution in [0.1, 0.15) is 13.3 Å². The standard InChI is InChI=1S/C14H15ClN2O5/c1-2-16-12(18)8-21-13(19)5-6-17-10-4-3-9(15)7-11(10)22-14(17)20/h3-4,7H,2,5-6,8H2,1H3,(H,16,18). The van der Waals surface area contributed by atoms with Crippen LogP contribution >= 0.6 is 11.6 Å². The van der Waals surface area contributed by atoms with Crippen LogP contribution in [-0.4, -0.2) is 29.6 Å². The van der Waals surface area contributed by atoms with Crippen LogP contribution in [-0.2, 0) is 20.9 Å². The summed E-state index contributed by atoms with van der Waals surface area (Å²) in [5.74, 6) is -1.51. The van der Waals surface area contributed by atoms with E-state index in [0.29, 0.717) is 22.7 Å². The number of carbonyl (C=O) groups is 2. The first kappa shape index (κ1) is 16.1. The lowest BCUT2D eigenvalue weighted by atomic mass is 10.3. The fraction of sp³-hybridized carbons (Fsp3) is 0.357. The number of fused-ring (bicyclic) bond motifs is 1. The van der Waals surface area contributed by atoms with E-state index in [9.17, 15) is 14.4 Å². The van der Waals surface area contributed by atoms with Crippen molar-refractivity contribution >= 4 is 34.6 Å². The molecule has 1 N–H and O–H groups in total. The van der Waals surface area contributed by atoms with E-state index in [4.69, 9.17) is 20.8 Å². The monoisotopic (exact) mass is 326 g/mol. The first-order valence-electron chi connectivity index (χ1n) is 6.72. The summed E-state index contributed by atoms with van der Waals surface area (Å²) in [4.78, 5) is 34.5. The van der Waals surface area contributed by atoms with Crippen molar-refractivity contribution in [2.75, 3.05) is 13.2 Å². The van der Waals surface area contributed by atoms with Gasteiger partial charge in [0.15, 0.2) is 12.2 Å². The third-order valence-corrected chi connectivity index (χ3v) is 3.14. The molecule has 0 saturated heterocycles. The molecule has 0 aliphatic rings. The topological polar surface area (TPSA) is 90.5 Å². The molecule has 1 aromatic carbocycles. The number of aryl methyl sites for hydroxylation is 1. The summed E-state index contributed by atoms with van der Waals surface area (Å²) >= 11 is 5.82. The van der Waals surface area contributed by atoms with Crippen molar-refractivity contribution < 1.29 is 18.7 Å². The molecule has 118 valence electrons. The Bertz CT molecular complexity index is 749. The summed E-state index contributed by atoms with van der Waals surface area (Å²) in [7, 11) is 0. The van der Waals surface area contributed by atoms with Gasteiger partial charge in [-0.15, -0.1) is 0 Å². The second kappa shape index (κ2) is 7.13. The highest BCUT2D eigenvalue weighted by Crippen LogP contribution is 2.18. The Labute approximate surface area is 130 Å². The summed E-state index contributed by atoms with van der Waals surface area (Å²) in [5.41, 5.74) is 0.902. The summed E-state index contributed by atoms with van der Waals surface area (Å²) < 4.78 is 11.2. The van der Waals surface area contributed by atoms with Crippen molar-refractivity contribution in [3.8, 4) is 0 Å². The van der Waals surface area contributed by atoms with E-state index in [2.05, 4.69) is 5.32 Å². The van der Waals surface area contributed by atoms with Crippen LogP contribution < -0.4 is 11.1 Å². The van der Waals surface area contributed by atoms with Crippen molar-refractivity contribution in [2.45, 2.75) is 19.9 Å². The molecule has 7 nitrogen and oxygen atoms in total. The molecule has 1 aromatic heterocycles. The molecule has 2 rings (SSSR count). The highest BCUT2D eigenvalue weighted by molar-refractivity contribution is 6.31. The number of rotatable bonds is 6. The number of likely N-dealkylation sites (N-methyl/N-ethyl adjacent to an activating group) is 1. The number of halogens is 1. The predicted octanol–water partition coefficient (Wildman–Crippen LogP) is 1.32. The molecule has 1 amide bonds. The molecule has 0 fully saturated rings. The number of nitrogens with zero attached hydrogens (tertiary/aromatic N) is 1. The van der Waals surface area contributed by atoms with Crippen LogP contribution in [0.5, 0.6) is 0 Å². The minimum Gasteiger partial charge on any atom is -0.456 e. The number of oxazole rings is 1. The molecule has 1 heterocycles. The van der Waals surface area contributed by atoms with Gasteiger partial charge in [-0.3, -0.25) is 14.2 Å². The van der Waals surface area contributed by atoms with Crippen molar-refractivity contribution in [1.82, 2.24) is 9.88 Å². The second-order valence-electron chi connectivity index (χ2n) is 4.50. The minimum absolute atomic E-state index is 0.0451. The average molecular weight is 327 g/mol. The van der Waals surface area contributed by atoms with Gasteiger partial charge in [-0.05, 0) is 19.1 Å². The lowest BCUT2D eigenvalue weighted by Crippen LogP contribution is -2.28. The molecule has 2 aromatic rings. The van der Waals surface area contributed by atoms with E-state index in [1.165, 1.54) is 10.6 Å². The zero-order valence-corrected chi connectivity index (χ0v) is 12.7. The number of hydrogen-bond acceptors (Lipinski definition) is 5. The number of nitrogens with one attached hydrogen (secondary N) is 1. The third-order valence-electron chi connectivity index (χ3n) is 2.91. The summed E-state index contributed by atoms with van der Waals surface area (Å²) in [6, 6.07) is 4.80. The minimum atomic E-state index is -0.575. The van der Waals surface area contributed by atoms with Gasteiger partial charge in [0.05, 0.1) is 11.9 Å². The van der Waals surface area contributed by atoms with Crippen molar-refractivity contribution in [2.24, 2.45) is 0 Å². The highest BCUT2D eigenvalue weighted by atomic mass is 35.5. The number of ether oxygens (including phenoxy) is 1. The van der Waals surface area contributed by atoms with Gasteiger partial charge >= 0.3 is 11.7 Å². The predicted molar refractivity (Wildman–Crippen MR) is 79.7 cm³/mol. The van der Waals surface area contributed by atoms with Gasteiger partial charge in [0, 0.05) is 24.2 Å². The van der Waals surface area contributed by atoms with Gasteiger partial charge in [0.25, 0.3) is 5.91 Å². The Balaban J connectivity index is 1.97. The molecule has 0 atom stereocenters. The molecular formula is C14H15ClN2O5. The molecule has 0 aliphatic heterocycles. The van der Waals surface area contributed by atoms with E-state index in [1.807, 2.05) is 0 Å². The fourth-order valence-electron chi connectivity index (χ4n) is 1.92. The number of benzene rings is 1. The summed E-state index contributed by atoms with van der Waals surface area (Å²) in [6.07, 6.45) is -0.0451. The molecule has 0 spiro atoms. The number of hydrogen-bond donors (Lipinski definition) is 1. The number of aromatic nitrogens is 1. The summed E-state index contributed by atoms with van der Waals surface area (Å²) in [5, 5.41) is 2.96. The van der Waals surface area contributed by atoms with Crippen molar-refractivity contribution in [1.29, 1.82) is 0 Å². The van der Waals surface area contributed by atoms with E-state index in [1.54, 1.807) is 19.1 Å². The quantitative estimate of drug-likeness (QED) is 0.808. The molecule has 0 aliphatic carbocycles. The van der Waals surface area contributed by atoms with Crippen LogP contribution in [0.2, 0.25) is 5.02 Å². The van der Waals surface area contributed by atoms with E-state index >= 15 is 0 Å². The van der Waals surface area contributed by atoms with Crippen molar-refractivity contribution in [3.63, 3.8) is 0 Å². The Morgan fingerprint density at radius 2 is 2.18 bits per heavy atom. The Morgan fingerprint density at radius 1 is 1.41 bits per heavy atom. The molecule has 8 heteroatoms. The van der Waals surface area contributed by atoms with Crippen LogP contribution in [0.25, 0.3) is 11.1 Å². The van der Waals surface area contributed by atoms with Crippen LogP contribution in [0.4, 0.5) is 0 Å². The molecule has 0 radical (unpaired) electrons. The van der Waals surface area contributed by atoms with E-state index in [-0.39, 0.29) is 25.5 Å². The SMILES string of the molecule is CCNC(=O)COC(=O)CCn1c(=O)oc2cc(Cl)ccc21. The number of amides is 1. The molecule has 0 bridgehead atoms. The van der Waals surface area contributed by atoms with Gasteiger partial charge < -0.3 is 14.5 Å².